The van der Waals surface area contributed by atoms with Gasteiger partial charge in [0.2, 0.25) is 0 Å². The van der Waals surface area contributed by atoms with Crippen LogP contribution < -0.4 is 5.73 Å². The Morgan fingerprint density at radius 1 is 1.60 bits per heavy atom. The molecule has 0 aliphatic carbocycles. The fourth-order valence-corrected chi connectivity index (χ4v) is 0.680. The summed E-state index contributed by atoms with van der Waals surface area (Å²) in [5.74, 6) is 0.514. The number of aliphatic imine (C=N–C) groups is 1. The number of hydrogen-bond donors (Lipinski definition) is 1. The van der Waals surface area contributed by atoms with Gasteiger partial charge in [0.15, 0.2) is 5.82 Å². The lowest BCUT2D eigenvalue weighted by Gasteiger charge is -1.97. The fraction of sp³-hybridized carbons (Fsp3) is 0.143. The molecule has 0 atom stereocenters. The minimum absolute atomic E-state index is 0.514. The van der Waals surface area contributed by atoms with Gasteiger partial charge in [0.1, 0.15) is 0 Å². The van der Waals surface area contributed by atoms with E-state index in [1.807, 2.05) is 13.0 Å². The molecule has 2 N–H and O–H groups in total. The molecule has 1 aromatic heterocycles. The van der Waals surface area contributed by atoms with Crippen LogP contribution in [0.5, 0.6) is 0 Å². The van der Waals surface area contributed by atoms with Crippen molar-refractivity contribution >= 4 is 18.2 Å². The molecule has 0 unspecified atom stereocenters. The third-order valence-electron chi connectivity index (χ3n) is 1.19. The third-order valence-corrected chi connectivity index (χ3v) is 1.19. The maximum absolute atomic E-state index is 5.50. The van der Waals surface area contributed by atoms with Gasteiger partial charge in [-0.3, -0.25) is 0 Å². The van der Waals surface area contributed by atoms with Gasteiger partial charge in [-0.05, 0) is 25.8 Å². The van der Waals surface area contributed by atoms with Gasteiger partial charge in [0.25, 0.3) is 0 Å². The summed E-state index contributed by atoms with van der Waals surface area (Å²) in [5.41, 5.74) is 6.97. The second-order valence-electron chi connectivity index (χ2n) is 2.02. The topological polar surface area (TPSA) is 51.3 Å². The quantitative estimate of drug-likeness (QED) is 0.590. The zero-order chi connectivity index (χ0) is 7.56. The Morgan fingerprint density at radius 3 is 2.80 bits per heavy atom. The number of aryl methyl sites for hydroxylation is 1. The lowest BCUT2D eigenvalue weighted by atomic mass is 10.3. The Morgan fingerprint density at radius 2 is 2.30 bits per heavy atom. The molecule has 1 aromatic rings. The molecule has 0 saturated carbocycles. The molecule has 0 saturated heterocycles. The minimum atomic E-state index is 0.514. The van der Waals surface area contributed by atoms with Crippen molar-refractivity contribution in [2.24, 2.45) is 4.99 Å². The molecule has 0 amide bonds. The number of nitrogens with zero attached hydrogens (tertiary/aromatic N) is 2. The first-order chi connectivity index (χ1) is 4.74. The van der Waals surface area contributed by atoms with E-state index >= 15 is 0 Å². The molecular weight excluding hydrogens is 126 g/mol. The molecule has 1 heterocycles. The molecule has 3 nitrogen and oxygen atoms in total. The van der Waals surface area contributed by atoms with Gasteiger partial charge in [-0.15, -0.1) is 0 Å². The second kappa shape index (κ2) is 2.47. The Hall–Kier alpha value is -1.38. The van der Waals surface area contributed by atoms with E-state index in [2.05, 4.69) is 16.7 Å². The predicted octanol–water partition coefficient (Wildman–Crippen LogP) is 1.30. The smallest absolute Gasteiger partial charge is 0.174 e. The van der Waals surface area contributed by atoms with Crippen molar-refractivity contribution in [2.45, 2.75) is 6.92 Å². The molecule has 3 heteroatoms. The van der Waals surface area contributed by atoms with Gasteiger partial charge in [-0.2, -0.15) is 0 Å². The van der Waals surface area contributed by atoms with Crippen LogP contribution in [-0.2, 0) is 0 Å². The van der Waals surface area contributed by atoms with E-state index in [9.17, 15) is 0 Å². The van der Waals surface area contributed by atoms with Crippen molar-refractivity contribution in [3.63, 3.8) is 0 Å². The van der Waals surface area contributed by atoms with Crippen LogP contribution in [0.2, 0.25) is 0 Å². The SMILES string of the molecule is C=Nc1nc(C)ccc1N. The minimum Gasteiger partial charge on any atom is -0.396 e. The van der Waals surface area contributed by atoms with Crippen LogP contribution >= 0.6 is 0 Å². The van der Waals surface area contributed by atoms with E-state index in [0.29, 0.717) is 11.5 Å². The number of nitrogens with two attached hydrogens (primary N) is 1. The van der Waals surface area contributed by atoms with Crippen LogP contribution in [-0.4, -0.2) is 11.7 Å². The predicted molar refractivity (Wildman–Crippen MR) is 42.6 cm³/mol. The van der Waals surface area contributed by atoms with Gasteiger partial charge < -0.3 is 5.73 Å². The van der Waals surface area contributed by atoms with Crippen LogP contribution in [0.4, 0.5) is 11.5 Å². The van der Waals surface area contributed by atoms with E-state index in [1.54, 1.807) is 6.07 Å². The summed E-state index contributed by atoms with van der Waals surface area (Å²) in [7, 11) is 0. The van der Waals surface area contributed by atoms with E-state index in [0.717, 1.165) is 5.69 Å². The van der Waals surface area contributed by atoms with E-state index in [4.69, 9.17) is 5.73 Å². The van der Waals surface area contributed by atoms with E-state index in [1.165, 1.54) is 0 Å². The number of nitrogen functional groups attached to an aromatic ring is 1. The highest BCUT2D eigenvalue weighted by Crippen LogP contribution is 2.17. The van der Waals surface area contributed by atoms with Gasteiger partial charge in [-0.25, -0.2) is 9.98 Å². The van der Waals surface area contributed by atoms with Gasteiger partial charge in [0.05, 0.1) is 5.69 Å². The lowest BCUT2D eigenvalue weighted by Crippen LogP contribution is -1.88. The summed E-state index contributed by atoms with van der Waals surface area (Å²) in [6.45, 7) is 5.22. The number of aromatic nitrogens is 1. The average Bonchev–Trinajstić information content (AvgIpc) is 1.94. The van der Waals surface area contributed by atoms with Crippen LogP contribution in [0.1, 0.15) is 5.69 Å². The van der Waals surface area contributed by atoms with Gasteiger partial charge in [-0.1, -0.05) is 0 Å². The highest BCUT2D eigenvalue weighted by Gasteiger charge is 1.95. The van der Waals surface area contributed by atoms with Gasteiger partial charge in [0, 0.05) is 5.69 Å². The largest absolute Gasteiger partial charge is 0.396 e. The average molecular weight is 135 g/mol. The molecule has 0 aliphatic heterocycles. The zero-order valence-electron chi connectivity index (χ0n) is 5.83. The first-order valence-corrected chi connectivity index (χ1v) is 2.94. The molecule has 0 spiro atoms. The summed E-state index contributed by atoms with van der Waals surface area (Å²) in [6.07, 6.45) is 0. The summed E-state index contributed by atoms with van der Waals surface area (Å²) < 4.78 is 0. The summed E-state index contributed by atoms with van der Waals surface area (Å²) in [4.78, 5) is 7.68. The maximum Gasteiger partial charge on any atom is 0.174 e. The second-order valence-corrected chi connectivity index (χ2v) is 2.02. The number of pyridine rings is 1. The Kier molecular flexibility index (Phi) is 1.67. The number of rotatable bonds is 1. The first kappa shape index (κ1) is 6.74. The molecule has 10 heavy (non-hydrogen) atoms. The van der Waals surface area contributed by atoms with Crippen LogP contribution in [0, 0.1) is 6.92 Å². The van der Waals surface area contributed by atoms with Crippen molar-refractivity contribution in [3.8, 4) is 0 Å². The van der Waals surface area contributed by atoms with E-state index < -0.39 is 0 Å². The molecule has 52 valence electrons. The Labute approximate surface area is 59.6 Å². The maximum atomic E-state index is 5.50. The van der Waals surface area contributed by atoms with Crippen LogP contribution in [0.15, 0.2) is 17.1 Å². The monoisotopic (exact) mass is 135 g/mol. The van der Waals surface area contributed by atoms with Crippen molar-refractivity contribution < 1.29 is 0 Å². The molecule has 0 aromatic carbocycles. The molecule has 0 radical (unpaired) electrons. The zero-order valence-corrected chi connectivity index (χ0v) is 5.83. The highest BCUT2D eigenvalue weighted by molar-refractivity contribution is 5.60. The molecule has 0 fully saturated rings. The normalized spacial score (nSPS) is 9.30. The van der Waals surface area contributed by atoms with Crippen molar-refractivity contribution in [1.82, 2.24) is 4.98 Å². The van der Waals surface area contributed by atoms with Crippen molar-refractivity contribution in [1.29, 1.82) is 0 Å². The van der Waals surface area contributed by atoms with Crippen molar-refractivity contribution in [2.75, 3.05) is 5.73 Å². The Bertz CT molecular complexity index is 255. The number of hydrogen-bond acceptors (Lipinski definition) is 3. The number of anilines is 1. The standard InChI is InChI=1S/C7H9N3/c1-5-3-4-6(8)7(9-2)10-5/h3-4H,2,8H2,1H3. The first-order valence-electron chi connectivity index (χ1n) is 2.94. The fourth-order valence-electron chi connectivity index (χ4n) is 0.680. The summed E-state index contributed by atoms with van der Waals surface area (Å²) >= 11 is 0. The van der Waals surface area contributed by atoms with Gasteiger partial charge >= 0.3 is 0 Å². The third kappa shape index (κ3) is 1.13. The Balaban J connectivity index is 3.21. The summed E-state index contributed by atoms with van der Waals surface area (Å²) in [5, 5.41) is 0. The molecular formula is C7H9N3. The van der Waals surface area contributed by atoms with Crippen LogP contribution in [0.3, 0.4) is 0 Å². The highest BCUT2D eigenvalue weighted by atomic mass is 14.9. The molecule has 1 rings (SSSR count). The molecule has 0 aliphatic rings. The van der Waals surface area contributed by atoms with Crippen LogP contribution in [0.25, 0.3) is 0 Å². The lowest BCUT2D eigenvalue weighted by molar-refractivity contribution is 1.19. The summed E-state index contributed by atoms with van der Waals surface area (Å²) in [6, 6.07) is 3.61. The molecule has 0 bridgehead atoms. The van der Waals surface area contributed by atoms with Crippen molar-refractivity contribution in [3.05, 3.63) is 17.8 Å². The van der Waals surface area contributed by atoms with E-state index in [-0.39, 0.29) is 0 Å².